The van der Waals surface area contributed by atoms with Crippen LogP contribution in [0.1, 0.15) is 7.43 Å². The first-order chi connectivity index (χ1) is 6.97. The van der Waals surface area contributed by atoms with Crippen molar-refractivity contribution in [1.82, 2.24) is 0 Å². The van der Waals surface area contributed by atoms with Crippen LogP contribution in [-0.2, 0) is 10.4 Å². The van der Waals surface area contributed by atoms with Gasteiger partial charge in [0.1, 0.15) is 0 Å². The molecule has 6 heteroatoms. The summed E-state index contributed by atoms with van der Waals surface area (Å²) in [5.74, 6) is 0. The summed E-state index contributed by atoms with van der Waals surface area (Å²) in [6, 6.07) is 16.7. The van der Waals surface area contributed by atoms with Crippen molar-refractivity contribution in [3.63, 3.8) is 0 Å². The van der Waals surface area contributed by atoms with Crippen LogP contribution < -0.4 is 0 Å². The summed E-state index contributed by atoms with van der Waals surface area (Å²) in [5.41, 5.74) is 0. The monoisotopic (exact) mass is 266 g/mol. The molecular formula is C11H15NaO4S. The molecule has 17 heavy (non-hydrogen) atoms. The molecule has 0 aliphatic rings. The molecule has 0 saturated carbocycles. The molecule has 90 valence electrons. The summed E-state index contributed by atoms with van der Waals surface area (Å²) < 4.78 is 31.6. The molecule has 0 unspecified atom stereocenters. The van der Waals surface area contributed by atoms with Crippen LogP contribution in [-0.4, -0.2) is 47.1 Å². The molecule has 4 nitrogen and oxygen atoms in total. The molecule has 0 heterocycles. The van der Waals surface area contributed by atoms with Gasteiger partial charge in [-0.25, -0.2) is 0 Å². The van der Waals surface area contributed by atoms with E-state index in [4.69, 9.17) is 17.5 Å². The zero-order chi connectivity index (χ0) is 11.3. The molecule has 0 atom stereocenters. The topological polar surface area (TPSA) is 74.6 Å². The van der Waals surface area contributed by atoms with E-state index in [0.29, 0.717) is 0 Å². The summed E-state index contributed by atoms with van der Waals surface area (Å²) in [6.07, 6.45) is 0. The normalized spacial score (nSPS) is 9.29. The maximum absolute atomic E-state index is 8.74. The minimum atomic E-state index is -4.67. The van der Waals surface area contributed by atoms with Gasteiger partial charge in [-0.15, -0.1) is 0 Å². The van der Waals surface area contributed by atoms with E-state index in [1.807, 2.05) is 0 Å². The predicted molar refractivity (Wildman–Crippen MR) is 72.0 cm³/mol. The zero-order valence-corrected chi connectivity index (χ0v) is 8.55. The number of hydrogen-bond donors (Lipinski definition) is 2. The summed E-state index contributed by atoms with van der Waals surface area (Å²) in [7, 11) is -4.67. The van der Waals surface area contributed by atoms with Gasteiger partial charge in [0.25, 0.3) is 0 Å². The molecule has 0 aliphatic carbocycles. The van der Waals surface area contributed by atoms with Crippen LogP contribution in [0.4, 0.5) is 0 Å². The largest absolute Gasteiger partial charge is 0.0616 e. The molecule has 0 aliphatic heterocycles. The third-order valence-corrected chi connectivity index (χ3v) is 1.66. The third kappa shape index (κ3) is 9.29. The van der Waals surface area contributed by atoms with Crippen molar-refractivity contribution in [2.75, 3.05) is 0 Å². The first kappa shape index (κ1) is 18.9. The van der Waals surface area contributed by atoms with E-state index in [2.05, 4.69) is 48.5 Å². The molecule has 0 bridgehead atoms. The first-order valence-corrected chi connectivity index (χ1v) is 5.50. The van der Waals surface area contributed by atoms with E-state index in [0.717, 1.165) is 0 Å². The number of benzene rings is 2. The second kappa shape index (κ2) is 8.63. The Morgan fingerprint density at radius 3 is 1.12 bits per heavy atom. The van der Waals surface area contributed by atoms with Crippen molar-refractivity contribution in [3.05, 3.63) is 48.5 Å². The van der Waals surface area contributed by atoms with E-state index in [1.54, 1.807) is 0 Å². The Morgan fingerprint density at radius 2 is 0.941 bits per heavy atom. The van der Waals surface area contributed by atoms with Gasteiger partial charge in [-0.3, -0.25) is 9.11 Å². The SMILES string of the molecule is C.O=S(=O)(O)O.[NaH].c1ccc2ccccc2c1. The molecule has 2 aromatic carbocycles. The maximum Gasteiger partial charge on any atom is -0.0184 e. The average molecular weight is 266 g/mol. The van der Waals surface area contributed by atoms with Gasteiger partial charge in [-0.2, -0.15) is 8.42 Å². The Kier molecular flexibility index (Phi) is 9.61. The molecule has 0 radical (unpaired) electrons. The van der Waals surface area contributed by atoms with Gasteiger partial charge < -0.3 is 0 Å². The van der Waals surface area contributed by atoms with E-state index in [9.17, 15) is 0 Å². The van der Waals surface area contributed by atoms with Gasteiger partial charge in [-0.1, -0.05) is 56.0 Å². The molecule has 0 amide bonds. The van der Waals surface area contributed by atoms with Crippen LogP contribution in [0.2, 0.25) is 0 Å². The van der Waals surface area contributed by atoms with Crippen LogP contribution in [0.15, 0.2) is 48.5 Å². The molecule has 0 spiro atoms. The van der Waals surface area contributed by atoms with Crippen LogP contribution >= 0.6 is 0 Å². The Balaban J connectivity index is 0. The van der Waals surface area contributed by atoms with Gasteiger partial charge in [0.2, 0.25) is 0 Å². The molecule has 0 saturated heterocycles. The summed E-state index contributed by atoms with van der Waals surface area (Å²) >= 11 is 0. The van der Waals surface area contributed by atoms with Crippen LogP contribution in [0.25, 0.3) is 10.8 Å². The Labute approximate surface area is 124 Å². The zero-order valence-electron chi connectivity index (χ0n) is 7.74. The van der Waals surface area contributed by atoms with Crippen molar-refractivity contribution in [2.45, 2.75) is 7.43 Å². The van der Waals surface area contributed by atoms with E-state index < -0.39 is 10.4 Å². The van der Waals surface area contributed by atoms with Gasteiger partial charge >= 0.3 is 40.0 Å². The fourth-order valence-electron chi connectivity index (χ4n) is 1.13. The van der Waals surface area contributed by atoms with Gasteiger partial charge in [0, 0.05) is 0 Å². The molecule has 2 N–H and O–H groups in total. The molecule has 0 fully saturated rings. The fourth-order valence-corrected chi connectivity index (χ4v) is 1.13. The fraction of sp³-hybridized carbons (Fsp3) is 0.0909. The van der Waals surface area contributed by atoms with Crippen molar-refractivity contribution in [1.29, 1.82) is 0 Å². The second-order valence-electron chi connectivity index (χ2n) is 2.79. The van der Waals surface area contributed by atoms with Crippen molar-refractivity contribution < 1.29 is 17.5 Å². The van der Waals surface area contributed by atoms with Crippen LogP contribution in [0.5, 0.6) is 0 Å². The van der Waals surface area contributed by atoms with Crippen molar-refractivity contribution in [2.24, 2.45) is 0 Å². The van der Waals surface area contributed by atoms with Gasteiger partial charge in [-0.05, 0) is 10.8 Å². The molecule has 2 aromatic rings. The minimum absolute atomic E-state index is 0. The average Bonchev–Trinajstić information content (AvgIpc) is 2.16. The Bertz CT molecular complexity index is 466. The van der Waals surface area contributed by atoms with Gasteiger partial charge in [0.15, 0.2) is 0 Å². The summed E-state index contributed by atoms with van der Waals surface area (Å²) in [5, 5.41) is 2.62. The quantitative estimate of drug-likeness (QED) is 0.566. The first-order valence-electron chi connectivity index (χ1n) is 4.10. The summed E-state index contributed by atoms with van der Waals surface area (Å²) in [6.45, 7) is 0. The van der Waals surface area contributed by atoms with Crippen LogP contribution in [0.3, 0.4) is 0 Å². The van der Waals surface area contributed by atoms with E-state index in [1.165, 1.54) is 10.8 Å². The maximum atomic E-state index is 8.74. The summed E-state index contributed by atoms with van der Waals surface area (Å²) in [4.78, 5) is 0. The molecular weight excluding hydrogens is 251 g/mol. The Morgan fingerprint density at radius 1 is 0.765 bits per heavy atom. The standard InChI is InChI=1S/C10H8.CH4.Na.H2O4S.H/c1-2-6-10-8-4-3-7-9(10)5-1;;;1-5(2,3)4;/h1-8H;1H4;;(H2,1,2,3,4);. The van der Waals surface area contributed by atoms with Gasteiger partial charge in [0.05, 0.1) is 0 Å². The molecule has 0 aromatic heterocycles. The smallest absolute Gasteiger partial charge is 0.0184 e. The van der Waals surface area contributed by atoms with E-state index >= 15 is 0 Å². The minimum Gasteiger partial charge on any atom is -0.0616 e. The van der Waals surface area contributed by atoms with Crippen molar-refractivity contribution >= 4 is 50.7 Å². The van der Waals surface area contributed by atoms with E-state index in [-0.39, 0.29) is 37.0 Å². The predicted octanol–water partition coefficient (Wildman–Crippen LogP) is 2.17. The Hall–Kier alpha value is -0.430. The number of fused-ring (bicyclic) bond motifs is 1. The molecule has 2 rings (SSSR count). The number of hydrogen-bond acceptors (Lipinski definition) is 2. The van der Waals surface area contributed by atoms with Crippen molar-refractivity contribution in [3.8, 4) is 0 Å². The van der Waals surface area contributed by atoms with Crippen LogP contribution in [0, 0.1) is 0 Å². The third-order valence-electron chi connectivity index (χ3n) is 1.66. The number of rotatable bonds is 0. The second-order valence-corrected chi connectivity index (χ2v) is 3.69.